The van der Waals surface area contributed by atoms with Crippen LogP contribution in [0.5, 0.6) is 0 Å². The average Bonchev–Trinajstić information content (AvgIpc) is 2.90. The van der Waals surface area contributed by atoms with E-state index in [0.29, 0.717) is 5.89 Å². The second kappa shape index (κ2) is 5.42. The van der Waals surface area contributed by atoms with Crippen LogP contribution in [0.25, 0.3) is 0 Å². The molecule has 1 atom stereocenters. The van der Waals surface area contributed by atoms with Crippen molar-refractivity contribution >= 4 is 11.8 Å². The maximum absolute atomic E-state index is 6.44. The predicted octanol–water partition coefficient (Wildman–Crippen LogP) is 1.91. The summed E-state index contributed by atoms with van der Waals surface area (Å²) in [6.07, 6.45) is 5.51. The summed E-state index contributed by atoms with van der Waals surface area (Å²) < 4.78 is 5.49. The van der Waals surface area contributed by atoms with E-state index < -0.39 is 0 Å². The van der Waals surface area contributed by atoms with E-state index in [4.69, 9.17) is 10.3 Å². The van der Waals surface area contributed by atoms with Crippen molar-refractivity contribution in [2.24, 2.45) is 5.73 Å². The number of rotatable bonds is 2. The normalized spacial score (nSPS) is 28.4. The SMILES string of the molecule is CN1CCSCC1c1noc(C2(N)CCCCC2)n1. The molecule has 0 radical (unpaired) electrons. The third kappa shape index (κ3) is 2.66. The third-order valence-electron chi connectivity index (χ3n) is 4.31. The van der Waals surface area contributed by atoms with Crippen LogP contribution >= 0.6 is 11.8 Å². The van der Waals surface area contributed by atoms with E-state index in [9.17, 15) is 0 Å². The Morgan fingerprint density at radius 3 is 2.89 bits per heavy atom. The van der Waals surface area contributed by atoms with E-state index >= 15 is 0 Å². The second-order valence-corrected chi connectivity index (χ2v) is 6.90. The highest BCUT2D eigenvalue weighted by atomic mass is 32.2. The van der Waals surface area contributed by atoms with Crippen LogP contribution in [0.1, 0.15) is 49.9 Å². The smallest absolute Gasteiger partial charge is 0.246 e. The highest BCUT2D eigenvalue weighted by Gasteiger charge is 2.36. The van der Waals surface area contributed by atoms with E-state index in [2.05, 4.69) is 22.1 Å². The van der Waals surface area contributed by atoms with Crippen LogP contribution in [-0.4, -0.2) is 40.1 Å². The zero-order chi connectivity index (χ0) is 13.3. The molecule has 1 aromatic heterocycles. The minimum absolute atomic E-state index is 0.267. The number of nitrogens with zero attached hydrogens (tertiary/aromatic N) is 3. The number of thioether (sulfide) groups is 1. The molecular weight excluding hydrogens is 260 g/mol. The molecule has 19 heavy (non-hydrogen) atoms. The molecule has 0 amide bonds. The fourth-order valence-corrected chi connectivity index (χ4v) is 4.14. The lowest BCUT2D eigenvalue weighted by molar-refractivity contribution is 0.217. The quantitative estimate of drug-likeness (QED) is 0.893. The van der Waals surface area contributed by atoms with Gasteiger partial charge in [-0.2, -0.15) is 16.7 Å². The van der Waals surface area contributed by atoms with Gasteiger partial charge in [-0.05, 0) is 19.9 Å². The molecule has 2 fully saturated rings. The van der Waals surface area contributed by atoms with Gasteiger partial charge in [0.25, 0.3) is 0 Å². The fraction of sp³-hybridized carbons (Fsp3) is 0.846. The molecular formula is C13H22N4OS. The van der Waals surface area contributed by atoms with Gasteiger partial charge in [0.2, 0.25) is 5.89 Å². The summed E-state index contributed by atoms with van der Waals surface area (Å²) in [6, 6.07) is 0.267. The van der Waals surface area contributed by atoms with Gasteiger partial charge < -0.3 is 10.3 Å². The summed E-state index contributed by atoms with van der Waals surface area (Å²) in [6.45, 7) is 1.08. The van der Waals surface area contributed by atoms with Gasteiger partial charge in [-0.25, -0.2) is 0 Å². The molecule has 1 aliphatic heterocycles. The summed E-state index contributed by atoms with van der Waals surface area (Å²) in [7, 11) is 2.12. The van der Waals surface area contributed by atoms with Gasteiger partial charge in [-0.3, -0.25) is 4.90 Å². The van der Waals surface area contributed by atoms with Crippen molar-refractivity contribution in [3.63, 3.8) is 0 Å². The Labute approximate surface area is 118 Å². The number of hydrogen-bond acceptors (Lipinski definition) is 6. The average molecular weight is 282 g/mol. The Kier molecular flexibility index (Phi) is 3.82. The predicted molar refractivity (Wildman–Crippen MR) is 75.9 cm³/mol. The van der Waals surface area contributed by atoms with Gasteiger partial charge >= 0.3 is 0 Å². The lowest BCUT2D eigenvalue weighted by atomic mass is 9.82. The second-order valence-electron chi connectivity index (χ2n) is 5.75. The van der Waals surface area contributed by atoms with Crippen LogP contribution in [0, 0.1) is 0 Å². The van der Waals surface area contributed by atoms with Gasteiger partial charge in [0.1, 0.15) is 0 Å². The summed E-state index contributed by atoms with van der Waals surface area (Å²) in [4.78, 5) is 6.92. The Morgan fingerprint density at radius 2 is 2.16 bits per heavy atom. The monoisotopic (exact) mass is 282 g/mol. The minimum atomic E-state index is -0.385. The largest absolute Gasteiger partial charge is 0.337 e. The molecule has 0 bridgehead atoms. The van der Waals surface area contributed by atoms with Crippen LogP contribution in [0.3, 0.4) is 0 Å². The van der Waals surface area contributed by atoms with E-state index in [1.54, 1.807) is 0 Å². The Balaban J connectivity index is 1.78. The molecule has 2 heterocycles. The van der Waals surface area contributed by atoms with Crippen molar-refractivity contribution in [3.05, 3.63) is 11.7 Å². The lowest BCUT2D eigenvalue weighted by Gasteiger charge is -2.30. The molecule has 6 heteroatoms. The molecule has 0 spiro atoms. The molecule has 1 unspecified atom stereocenters. The van der Waals surface area contributed by atoms with Crippen LogP contribution in [0.2, 0.25) is 0 Å². The molecule has 1 saturated heterocycles. The Bertz CT molecular complexity index is 430. The fourth-order valence-electron chi connectivity index (χ4n) is 2.93. The molecule has 1 aliphatic carbocycles. The van der Waals surface area contributed by atoms with Crippen molar-refractivity contribution in [1.29, 1.82) is 0 Å². The molecule has 5 nitrogen and oxygen atoms in total. The molecule has 0 aromatic carbocycles. The molecule has 2 N–H and O–H groups in total. The molecule has 1 saturated carbocycles. The van der Waals surface area contributed by atoms with Crippen LogP contribution in [-0.2, 0) is 5.54 Å². The maximum atomic E-state index is 6.44. The zero-order valence-electron chi connectivity index (χ0n) is 11.5. The lowest BCUT2D eigenvalue weighted by Crippen LogP contribution is -2.39. The minimum Gasteiger partial charge on any atom is -0.337 e. The van der Waals surface area contributed by atoms with Gasteiger partial charge in [0.15, 0.2) is 5.82 Å². The number of nitrogens with two attached hydrogens (primary N) is 1. The van der Waals surface area contributed by atoms with Gasteiger partial charge in [0.05, 0.1) is 11.6 Å². The van der Waals surface area contributed by atoms with Crippen molar-refractivity contribution < 1.29 is 4.52 Å². The molecule has 2 aliphatic rings. The third-order valence-corrected chi connectivity index (χ3v) is 5.33. The number of hydrogen-bond donors (Lipinski definition) is 1. The first-order chi connectivity index (χ1) is 9.19. The Morgan fingerprint density at radius 1 is 1.37 bits per heavy atom. The standard InChI is InChI=1S/C13H22N4OS/c1-17-7-8-19-9-10(17)11-15-12(18-16-11)13(14)5-3-2-4-6-13/h10H,2-9,14H2,1H3. The van der Waals surface area contributed by atoms with Crippen LogP contribution in [0.4, 0.5) is 0 Å². The van der Waals surface area contributed by atoms with Gasteiger partial charge in [-0.15, -0.1) is 0 Å². The van der Waals surface area contributed by atoms with Crippen LogP contribution in [0.15, 0.2) is 4.52 Å². The molecule has 1 aromatic rings. The van der Waals surface area contributed by atoms with Gasteiger partial charge in [0, 0.05) is 18.1 Å². The van der Waals surface area contributed by atoms with Crippen molar-refractivity contribution in [2.45, 2.75) is 43.7 Å². The number of aromatic nitrogens is 2. The van der Waals surface area contributed by atoms with E-state index in [1.165, 1.54) is 12.2 Å². The van der Waals surface area contributed by atoms with Gasteiger partial charge in [-0.1, -0.05) is 24.4 Å². The first-order valence-corrected chi connectivity index (χ1v) is 8.25. The summed E-state index contributed by atoms with van der Waals surface area (Å²) in [5.74, 6) is 3.66. The van der Waals surface area contributed by atoms with E-state index in [0.717, 1.165) is 43.8 Å². The highest BCUT2D eigenvalue weighted by Crippen LogP contribution is 2.35. The molecule has 106 valence electrons. The zero-order valence-corrected chi connectivity index (χ0v) is 12.3. The summed E-state index contributed by atoms with van der Waals surface area (Å²) in [5.41, 5.74) is 6.06. The van der Waals surface area contributed by atoms with E-state index in [1.807, 2.05) is 11.8 Å². The van der Waals surface area contributed by atoms with E-state index in [-0.39, 0.29) is 11.6 Å². The van der Waals surface area contributed by atoms with Crippen molar-refractivity contribution in [1.82, 2.24) is 15.0 Å². The van der Waals surface area contributed by atoms with Crippen molar-refractivity contribution in [3.8, 4) is 0 Å². The topological polar surface area (TPSA) is 68.2 Å². The van der Waals surface area contributed by atoms with Crippen LogP contribution < -0.4 is 5.73 Å². The first kappa shape index (κ1) is 13.4. The summed E-state index contributed by atoms with van der Waals surface area (Å²) in [5, 5.41) is 4.19. The van der Waals surface area contributed by atoms with Crippen molar-refractivity contribution in [2.75, 3.05) is 25.1 Å². The Hall–Kier alpha value is -0.590. The summed E-state index contributed by atoms with van der Waals surface area (Å²) >= 11 is 1.95. The molecule has 3 rings (SSSR count). The first-order valence-electron chi connectivity index (χ1n) is 7.10. The maximum Gasteiger partial charge on any atom is 0.246 e. The highest BCUT2D eigenvalue weighted by molar-refractivity contribution is 7.99.